The lowest BCUT2D eigenvalue weighted by atomic mass is 10.3. The van der Waals surface area contributed by atoms with Crippen molar-refractivity contribution in [3.63, 3.8) is 0 Å². The van der Waals surface area contributed by atoms with Crippen LogP contribution in [0.2, 0.25) is 0 Å². The average molecular weight is 205 g/mol. The maximum absolute atomic E-state index is 11.2. The van der Waals surface area contributed by atoms with Crippen molar-refractivity contribution in [1.29, 1.82) is 0 Å². The van der Waals surface area contributed by atoms with Crippen LogP contribution in [0.3, 0.4) is 0 Å². The van der Waals surface area contributed by atoms with Crippen molar-refractivity contribution in [2.45, 2.75) is 6.92 Å². The fourth-order valence-electron chi connectivity index (χ4n) is 0.749. The summed E-state index contributed by atoms with van der Waals surface area (Å²) in [7, 11) is 3.57. The lowest BCUT2D eigenvalue weighted by molar-refractivity contribution is 0.973. The quantitative estimate of drug-likeness (QED) is 0.683. The molecule has 1 aromatic heterocycles. The highest BCUT2D eigenvalue weighted by Crippen LogP contribution is 2.05. The molecular weight excluding hydrogens is 192 g/mol. The molecule has 0 unspecified atom stereocenters. The number of nitrogens with zero attached hydrogens (tertiary/aromatic N) is 2. The van der Waals surface area contributed by atoms with Gasteiger partial charge in [-0.3, -0.25) is 9.78 Å². The molecule has 0 fully saturated rings. The van der Waals surface area contributed by atoms with E-state index in [2.05, 4.69) is 9.97 Å². The summed E-state index contributed by atoms with van der Waals surface area (Å²) in [6, 6.07) is 0. The van der Waals surface area contributed by atoms with E-state index < -0.39 is 0 Å². The topological polar surface area (TPSA) is 75.0 Å². The number of anilines is 2. The molecule has 0 aliphatic carbocycles. The van der Waals surface area contributed by atoms with E-state index in [4.69, 9.17) is 5.73 Å². The number of aromatic nitrogens is 2. The van der Waals surface area contributed by atoms with Gasteiger partial charge in [0.25, 0.3) is 5.56 Å². The predicted octanol–water partition coefficient (Wildman–Crippen LogP) is 0.148. The fraction of sp³-hybridized carbons (Fsp3) is 0.429. The van der Waals surface area contributed by atoms with Crippen LogP contribution in [0.1, 0.15) is 5.56 Å². The Morgan fingerprint density at radius 2 is 2.00 bits per heavy atom. The average Bonchev–Trinajstić information content (AvgIpc) is 1.99. The molecule has 13 heavy (non-hydrogen) atoms. The zero-order chi connectivity index (χ0) is 9.30. The molecule has 1 aromatic rings. The van der Waals surface area contributed by atoms with E-state index in [9.17, 15) is 4.79 Å². The Hall–Kier alpha value is -1.23. The number of nitrogens with one attached hydrogen (secondary N) is 1. The smallest absolute Gasteiger partial charge is 0.257 e. The summed E-state index contributed by atoms with van der Waals surface area (Å²) >= 11 is 0. The zero-order valence-electron chi connectivity index (χ0n) is 7.79. The summed E-state index contributed by atoms with van der Waals surface area (Å²) < 4.78 is 0. The number of hydrogen-bond donors (Lipinski definition) is 2. The second-order valence-corrected chi connectivity index (χ2v) is 2.79. The monoisotopic (exact) mass is 204 g/mol. The third-order valence-electron chi connectivity index (χ3n) is 1.60. The summed E-state index contributed by atoms with van der Waals surface area (Å²) in [6.07, 6.45) is 0. The molecule has 5 nitrogen and oxygen atoms in total. The third-order valence-corrected chi connectivity index (χ3v) is 1.60. The maximum Gasteiger partial charge on any atom is 0.257 e. The van der Waals surface area contributed by atoms with Gasteiger partial charge in [0.15, 0.2) is 0 Å². The van der Waals surface area contributed by atoms with E-state index in [0.29, 0.717) is 11.5 Å². The first kappa shape index (κ1) is 11.8. The summed E-state index contributed by atoms with van der Waals surface area (Å²) in [5, 5.41) is 0. The summed E-state index contributed by atoms with van der Waals surface area (Å²) in [6.45, 7) is 1.64. The van der Waals surface area contributed by atoms with Crippen LogP contribution in [-0.4, -0.2) is 24.1 Å². The summed E-state index contributed by atoms with van der Waals surface area (Å²) in [4.78, 5) is 19.4. The van der Waals surface area contributed by atoms with Gasteiger partial charge < -0.3 is 10.6 Å². The van der Waals surface area contributed by atoms with Crippen LogP contribution >= 0.6 is 12.4 Å². The van der Waals surface area contributed by atoms with Gasteiger partial charge in [-0.05, 0) is 6.92 Å². The molecule has 1 rings (SSSR count). The minimum Gasteiger partial charge on any atom is -0.383 e. The van der Waals surface area contributed by atoms with Crippen LogP contribution in [0, 0.1) is 6.92 Å². The van der Waals surface area contributed by atoms with Crippen LogP contribution in [0.25, 0.3) is 0 Å². The first-order valence-electron chi connectivity index (χ1n) is 3.56. The van der Waals surface area contributed by atoms with E-state index in [1.54, 1.807) is 25.9 Å². The summed E-state index contributed by atoms with van der Waals surface area (Å²) in [5.74, 6) is 0.755. The minimum absolute atomic E-state index is 0. The van der Waals surface area contributed by atoms with E-state index in [1.165, 1.54) is 0 Å². The van der Waals surface area contributed by atoms with Gasteiger partial charge in [0.05, 0.1) is 5.56 Å². The third kappa shape index (κ3) is 2.35. The summed E-state index contributed by atoms with van der Waals surface area (Å²) in [5.41, 5.74) is 5.77. The van der Waals surface area contributed by atoms with Crippen molar-refractivity contribution < 1.29 is 0 Å². The van der Waals surface area contributed by atoms with Crippen molar-refractivity contribution in [2.75, 3.05) is 24.7 Å². The Labute approximate surface area is 82.4 Å². The molecule has 0 aliphatic rings. The molecule has 0 aliphatic heterocycles. The van der Waals surface area contributed by atoms with Gasteiger partial charge in [0, 0.05) is 14.1 Å². The molecule has 6 heteroatoms. The lowest BCUT2D eigenvalue weighted by Gasteiger charge is -2.11. The highest BCUT2D eigenvalue weighted by Gasteiger charge is 2.04. The van der Waals surface area contributed by atoms with Crippen molar-refractivity contribution in [3.05, 3.63) is 15.9 Å². The van der Waals surface area contributed by atoms with Crippen LogP contribution in [0.15, 0.2) is 4.79 Å². The normalized spacial score (nSPS) is 9.15. The Bertz CT molecular complexity index is 347. The number of H-pyrrole nitrogens is 1. The lowest BCUT2D eigenvalue weighted by Crippen LogP contribution is -2.21. The van der Waals surface area contributed by atoms with Crippen LogP contribution < -0.4 is 16.2 Å². The Balaban J connectivity index is 0.00000144. The van der Waals surface area contributed by atoms with E-state index in [0.717, 1.165) is 0 Å². The minimum atomic E-state index is -0.189. The van der Waals surface area contributed by atoms with Gasteiger partial charge >= 0.3 is 0 Å². The van der Waals surface area contributed by atoms with Crippen molar-refractivity contribution in [3.8, 4) is 0 Å². The molecule has 0 amide bonds. The molecule has 0 radical (unpaired) electrons. The molecule has 74 valence electrons. The number of rotatable bonds is 1. The van der Waals surface area contributed by atoms with Gasteiger partial charge in [-0.25, -0.2) is 0 Å². The molecule has 0 bridgehead atoms. The highest BCUT2D eigenvalue weighted by atomic mass is 35.5. The van der Waals surface area contributed by atoms with Gasteiger partial charge in [-0.1, -0.05) is 0 Å². The number of halogens is 1. The Morgan fingerprint density at radius 1 is 1.46 bits per heavy atom. The molecule has 0 spiro atoms. The molecule has 3 N–H and O–H groups in total. The van der Waals surface area contributed by atoms with Crippen LogP contribution in [0.4, 0.5) is 11.8 Å². The Morgan fingerprint density at radius 3 is 2.38 bits per heavy atom. The van der Waals surface area contributed by atoms with Crippen LogP contribution in [0.5, 0.6) is 0 Å². The van der Waals surface area contributed by atoms with E-state index in [1.807, 2.05) is 0 Å². The van der Waals surface area contributed by atoms with Gasteiger partial charge in [0.1, 0.15) is 5.82 Å². The van der Waals surface area contributed by atoms with Crippen LogP contribution in [-0.2, 0) is 0 Å². The first-order chi connectivity index (χ1) is 5.52. The molecular formula is C7H13ClN4O. The first-order valence-corrected chi connectivity index (χ1v) is 3.56. The zero-order valence-corrected chi connectivity index (χ0v) is 8.60. The largest absolute Gasteiger partial charge is 0.383 e. The number of aromatic amines is 1. The second-order valence-electron chi connectivity index (χ2n) is 2.79. The number of nitrogen functional groups attached to an aromatic ring is 1. The molecule has 0 atom stereocenters. The van der Waals surface area contributed by atoms with Gasteiger partial charge in [0.2, 0.25) is 5.95 Å². The van der Waals surface area contributed by atoms with E-state index in [-0.39, 0.29) is 23.8 Å². The standard InChI is InChI=1S/C7H12N4O.ClH/c1-4-5(8)9-7(11(2)3)10-6(4)12;/h1-3H3,(H3,8,9,10,12);1H. The highest BCUT2D eigenvalue weighted by molar-refractivity contribution is 5.85. The predicted molar refractivity (Wildman–Crippen MR) is 55.6 cm³/mol. The molecule has 1 heterocycles. The maximum atomic E-state index is 11.2. The van der Waals surface area contributed by atoms with Crippen molar-refractivity contribution >= 4 is 24.2 Å². The number of hydrogen-bond acceptors (Lipinski definition) is 4. The van der Waals surface area contributed by atoms with Crippen molar-refractivity contribution in [2.24, 2.45) is 0 Å². The fourth-order valence-corrected chi connectivity index (χ4v) is 0.749. The second kappa shape index (κ2) is 4.13. The SMILES string of the molecule is Cc1c(N)nc(N(C)C)[nH]c1=O.Cl. The molecule has 0 saturated heterocycles. The Kier molecular flexibility index (Phi) is 3.74. The number of nitrogens with two attached hydrogens (primary N) is 1. The van der Waals surface area contributed by atoms with Gasteiger partial charge in [-0.2, -0.15) is 4.98 Å². The van der Waals surface area contributed by atoms with Gasteiger partial charge in [-0.15, -0.1) is 12.4 Å². The molecule has 0 saturated carbocycles. The molecule has 0 aromatic carbocycles. The van der Waals surface area contributed by atoms with E-state index >= 15 is 0 Å². The van der Waals surface area contributed by atoms with Crippen molar-refractivity contribution in [1.82, 2.24) is 9.97 Å².